The van der Waals surface area contributed by atoms with Gasteiger partial charge in [-0.3, -0.25) is 4.79 Å². The number of alkyl halides is 1. The Hall–Kier alpha value is -0.330. The van der Waals surface area contributed by atoms with Crippen LogP contribution in [0, 0.1) is 0 Å². The molecule has 0 aliphatic carbocycles. The lowest BCUT2D eigenvalue weighted by molar-refractivity contribution is -0.119. The molecule has 5 nitrogen and oxygen atoms in total. The molecular weight excluding hydrogens is 216 g/mol. The van der Waals surface area contributed by atoms with E-state index in [0.29, 0.717) is 12.3 Å². The SMILES string of the molecule is CNC(=O)CNS(=O)(=O)CCCCl. The zero-order valence-corrected chi connectivity index (χ0v) is 8.91. The van der Waals surface area contributed by atoms with Gasteiger partial charge >= 0.3 is 0 Å². The van der Waals surface area contributed by atoms with E-state index in [2.05, 4.69) is 10.0 Å². The maximum Gasteiger partial charge on any atom is 0.234 e. The first-order valence-electron chi connectivity index (χ1n) is 3.75. The smallest absolute Gasteiger partial charge is 0.234 e. The van der Waals surface area contributed by atoms with Crippen molar-refractivity contribution in [2.75, 3.05) is 25.2 Å². The van der Waals surface area contributed by atoms with Crippen molar-refractivity contribution in [1.29, 1.82) is 0 Å². The summed E-state index contributed by atoms with van der Waals surface area (Å²) in [7, 11) is -1.90. The summed E-state index contributed by atoms with van der Waals surface area (Å²) in [5.41, 5.74) is 0. The van der Waals surface area contributed by atoms with Gasteiger partial charge in [0.2, 0.25) is 15.9 Å². The Labute approximate surface area is 82.9 Å². The van der Waals surface area contributed by atoms with E-state index in [4.69, 9.17) is 11.6 Å². The maximum absolute atomic E-state index is 11.1. The molecule has 0 aromatic carbocycles. The lowest BCUT2D eigenvalue weighted by atomic mass is 10.6. The van der Waals surface area contributed by atoms with Crippen LogP contribution in [0.15, 0.2) is 0 Å². The van der Waals surface area contributed by atoms with Crippen molar-refractivity contribution in [3.63, 3.8) is 0 Å². The molecule has 2 N–H and O–H groups in total. The van der Waals surface area contributed by atoms with E-state index in [9.17, 15) is 13.2 Å². The number of carbonyl (C=O) groups excluding carboxylic acids is 1. The Morgan fingerprint density at radius 3 is 2.54 bits per heavy atom. The van der Waals surface area contributed by atoms with E-state index in [-0.39, 0.29) is 18.2 Å². The van der Waals surface area contributed by atoms with E-state index in [1.807, 2.05) is 0 Å². The molecule has 0 unspecified atom stereocenters. The van der Waals surface area contributed by atoms with Crippen LogP contribution in [0.4, 0.5) is 0 Å². The minimum Gasteiger partial charge on any atom is -0.358 e. The Kier molecular flexibility index (Phi) is 6.02. The predicted octanol–water partition coefficient (Wildman–Crippen LogP) is -0.719. The van der Waals surface area contributed by atoms with Crippen molar-refractivity contribution in [1.82, 2.24) is 10.0 Å². The Bertz CT molecular complexity index is 253. The molecule has 0 aliphatic heterocycles. The second kappa shape index (κ2) is 6.17. The zero-order chi connectivity index (χ0) is 10.3. The number of likely N-dealkylation sites (N-methyl/N-ethyl adjacent to an activating group) is 1. The molecule has 0 spiro atoms. The van der Waals surface area contributed by atoms with Crippen LogP contribution in [0.25, 0.3) is 0 Å². The first kappa shape index (κ1) is 12.7. The van der Waals surface area contributed by atoms with Crippen LogP contribution in [-0.2, 0) is 14.8 Å². The standard InChI is InChI=1S/C6H13ClN2O3S/c1-8-6(10)5-9-13(11,12)4-2-3-7/h9H,2-5H2,1H3,(H,8,10). The summed E-state index contributed by atoms with van der Waals surface area (Å²) in [6.45, 7) is -0.221. The number of sulfonamides is 1. The molecule has 1 amide bonds. The van der Waals surface area contributed by atoms with Crippen LogP contribution in [0.1, 0.15) is 6.42 Å². The van der Waals surface area contributed by atoms with Gasteiger partial charge in [0.1, 0.15) is 0 Å². The lowest BCUT2D eigenvalue weighted by Gasteiger charge is -2.04. The van der Waals surface area contributed by atoms with Gasteiger partial charge < -0.3 is 5.32 Å². The highest BCUT2D eigenvalue weighted by molar-refractivity contribution is 7.89. The van der Waals surface area contributed by atoms with Crippen LogP contribution >= 0.6 is 11.6 Å². The minimum atomic E-state index is -3.34. The van der Waals surface area contributed by atoms with Crippen molar-refractivity contribution < 1.29 is 13.2 Å². The van der Waals surface area contributed by atoms with Gasteiger partial charge in [0, 0.05) is 12.9 Å². The molecule has 7 heteroatoms. The van der Waals surface area contributed by atoms with Gasteiger partial charge in [-0.25, -0.2) is 13.1 Å². The largest absolute Gasteiger partial charge is 0.358 e. The highest BCUT2D eigenvalue weighted by Gasteiger charge is 2.10. The first-order valence-corrected chi connectivity index (χ1v) is 5.94. The lowest BCUT2D eigenvalue weighted by Crippen LogP contribution is -2.36. The maximum atomic E-state index is 11.1. The first-order chi connectivity index (χ1) is 6.02. The number of rotatable bonds is 6. The van der Waals surface area contributed by atoms with Gasteiger partial charge in [-0.15, -0.1) is 11.6 Å². The summed E-state index contributed by atoms with van der Waals surface area (Å²) in [5, 5.41) is 2.30. The third kappa shape index (κ3) is 6.80. The van der Waals surface area contributed by atoms with Crippen molar-refractivity contribution in [3.05, 3.63) is 0 Å². The Balaban J connectivity index is 3.83. The molecule has 0 bridgehead atoms. The third-order valence-corrected chi connectivity index (χ3v) is 2.96. The summed E-state index contributed by atoms with van der Waals surface area (Å²) in [5.74, 6) is -0.122. The molecule has 0 aliphatic rings. The van der Waals surface area contributed by atoms with Crippen LogP contribution in [0.2, 0.25) is 0 Å². The van der Waals surface area contributed by atoms with E-state index in [1.165, 1.54) is 7.05 Å². The Morgan fingerprint density at radius 1 is 1.46 bits per heavy atom. The van der Waals surface area contributed by atoms with Crippen molar-refractivity contribution in [2.24, 2.45) is 0 Å². The fraction of sp³-hybridized carbons (Fsp3) is 0.833. The molecule has 78 valence electrons. The quantitative estimate of drug-likeness (QED) is 0.590. The van der Waals surface area contributed by atoms with Crippen LogP contribution in [0.3, 0.4) is 0 Å². The van der Waals surface area contributed by atoms with Crippen molar-refractivity contribution >= 4 is 27.5 Å². The highest BCUT2D eigenvalue weighted by Crippen LogP contribution is 1.91. The molecule has 0 aromatic heterocycles. The summed E-state index contributed by atoms with van der Waals surface area (Å²) in [4.78, 5) is 10.7. The third-order valence-electron chi connectivity index (χ3n) is 1.28. The van der Waals surface area contributed by atoms with Gasteiger partial charge in [0.15, 0.2) is 0 Å². The molecule has 0 saturated carbocycles. The van der Waals surface area contributed by atoms with Crippen molar-refractivity contribution in [2.45, 2.75) is 6.42 Å². The number of halogens is 1. The average molecular weight is 229 g/mol. The average Bonchev–Trinajstić information content (AvgIpc) is 2.11. The normalized spacial score (nSPS) is 11.2. The number of amides is 1. The summed E-state index contributed by atoms with van der Waals surface area (Å²) in [6.07, 6.45) is 0.380. The van der Waals surface area contributed by atoms with Gasteiger partial charge in [0.05, 0.1) is 12.3 Å². The van der Waals surface area contributed by atoms with E-state index in [1.54, 1.807) is 0 Å². The van der Waals surface area contributed by atoms with Crippen LogP contribution in [0.5, 0.6) is 0 Å². The molecule has 0 atom stereocenters. The summed E-state index contributed by atoms with van der Waals surface area (Å²) < 4.78 is 24.3. The van der Waals surface area contributed by atoms with E-state index >= 15 is 0 Å². The molecule has 13 heavy (non-hydrogen) atoms. The molecule has 0 heterocycles. The summed E-state index contributed by atoms with van der Waals surface area (Å²) >= 11 is 5.33. The highest BCUT2D eigenvalue weighted by atomic mass is 35.5. The zero-order valence-electron chi connectivity index (χ0n) is 7.34. The fourth-order valence-electron chi connectivity index (χ4n) is 0.581. The van der Waals surface area contributed by atoms with Gasteiger partial charge in [0.25, 0.3) is 0 Å². The van der Waals surface area contributed by atoms with Crippen LogP contribution in [-0.4, -0.2) is 39.6 Å². The Morgan fingerprint density at radius 2 is 2.08 bits per heavy atom. The second-order valence-corrected chi connectivity index (χ2v) is 4.66. The molecule has 0 rings (SSSR count). The summed E-state index contributed by atoms with van der Waals surface area (Å²) in [6, 6.07) is 0. The predicted molar refractivity (Wildman–Crippen MR) is 51.2 cm³/mol. The van der Waals surface area contributed by atoms with Gasteiger partial charge in [-0.05, 0) is 6.42 Å². The molecule has 0 radical (unpaired) electrons. The van der Waals surface area contributed by atoms with Crippen LogP contribution < -0.4 is 10.0 Å². The van der Waals surface area contributed by atoms with Gasteiger partial charge in [-0.2, -0.15) is 0 Å². The van der Waals surface area contributed by atoms with E-state index in [0.717, 1.165) is 0 Å². The number of hydrogen-bond donors (Lipinski definition) is 2. The number of hydrogen-bond acceptors (Lipinski definition) is 3. The molecule has 0 fully saturated rings. The minimum absolute atomic E-state index is 0.0481. The fourth-order valence-corrected chi connectivity index (χ4v) is 1.89. The number of nitrogens with one attached hydrogen (secondary N) is 2. The molecular formula is C6H13ClN2O3S. The monoisotopic (exact) mass is 228 g/mol. The molecule has 0 aromatic rings. The number of carbonyl (C=O) groups is 1. The topological polar surface area (TPSA) is 75.3 Å². The van der Waals surface area contributed by atoms with Crippen molar-refractivity contribution in [3.8, 4) is 0 Å². The second-order valence-electron chi connectivity index (χ2n) is 2.36. The molecule has 0 saturated heterocycles. The van der Waals surface area contributed by atoms with E-state index < -0.39 is 10.0 Å². The van der Waals surface area contributed by atoms with Gasteiger partial charge in [-0.1, -0.05) is 0 Å².